The van der Waals surface area contributed by atoms with Gasteiger partial charge in [0.2, 0.25) is 0 Å². The first-order valence-corrected chi connectivity index (χ1v) is 9.21. The molecule has 0 spiro atoms. The second kappa shape index (κ2) is 8.19. The van der Waals surface area contributed by atoms with Gasteiger partial charge in [0, 0.05) is 11.5 Å². The Balaban J connectivity index is 1.28. The van der Waals surface area contributed by atoms with Crippen LogP contribution in [0.25, 0.3) is 11.1 Å². The molecule has 0 saturated heterocycles. The third kappa shape index (κ3) is 4.37. The number of carbonyl (C=O) groups is 1. The van der Waals surface area contributed by atoms with E-state index in [1.54, 1.807) is 12.1 Å². The summed E-state index contributed by atoms with van der Waals surface area (Å²) in [5.74, 6) is -0.574. The van der Waals surface area contributed by atoms with E-state index in [1.807, 2.05) is 24.3 Å². The number of rotatable bonds is 5. The lowest BCUT2D eigenvalue weighted by Gasteiger charge is -2.23. The van der Waals surface area contributed by atoms with E-state index < -0.39 is 4.92 Å². The van der Waals surface area contributed by atoms with Crippen molar-refractivity contribution in [2.24, 2.45) is 0 Å². The van der Waals surface area contributed by atoms with Crippen molar-refractivity contribution < 1.29 is 18.8 Å². The van der Waals surface area contributed by atoms with Gasteiger partial charge in [-0.3, -0.25) is 4.57 Å². The van der Waals surface area contributed by atoms with Gasteiger partial charge in [0.25, 0.3) is 0 Å². The number of fused-ring (bicyclic) bond motifs is 1. The molecule has 10 heteroatoms. The molecule has 2 N–H and O–H groups in total. The minimum Gasteiger partial charge on any atom is -0.444 e. The molecule has 2 aromatic carbocycles. The summed E-state index contributed by atoms with van der Waals surface area (Å²) < 4.78 is 19.9. The van der Waals surface area contributed by atoms with Gasteiger partial charge in [0.1, 0.15) is 18.6 Å². The summed E-state index contributed by atoms with van der Waals surface area (Å²) in [4.78, 5) is 26.2. The molecule has 0 aliphatic carbocycles. The summed E-state index contributed by atoms with van der Waals surface area (Å²) in [6, 6.07) is 13.3. The molecule has 0 fully saturated rings. The zero-order chi connectivity index (χ0) is 21.1. The lowest BCUT2D eigenvalue weighted by atomic mass is 10.0. The molecule has 0 bridgehead atoms. The first-order valence-electron chi connectivity index (χ1n) is 9.21. The molecular weight excluding hydrogens is 393 g/mol. The molecule has 9 nitrogen and oxygen atoms in total. The number of hydrogen-bond donors (Lipinski definition) is 2. The van der Waals surface area contributed by atoms with Crippen LogP contribution in [0.1, 0.15) is 5.56 Å². The van der Waals surface area contributed by atoms with Crippen molar-refractivity contribution >= 4 is 11.8 Å². The van der Waals surface area contributed by atoms with Crippen LogP contribution in [0.15, 0.2) is 54.7 Å². The number of ether oxygens (including phenoxy) is 1. The third-order valence-electron chi connectivity index (χ3n) is 4.66. The molecule has 1 aliphatic heterocycles. The number of halogens is 1. The lowest BCUT2D eigenvalue weighted by molar-refractivity contribution is -0.389. The molecular formula is C20H18FN5O4. The molecule has 1 atom stereocenters. The number of nitrogens with one attached hydrogen (secondary N) is 2. The predicted molar refractivity (Wildman–Crippen MR) is 105 cm³/mol. The molecule has 2 amide bonds. The smallest absolute Gasteiger partial charge is 0.414 e. The van der Waals surface area contributed by atoms with Gasteiger partial charge in [0.05, 0.1) is 12.6 Å². The zero-order valence-corrected chi connectivity index (χ0v) is 15.7. The summed E-state index contributed by atoms with van der Waals surface area (Å²) in [5.41, 5.74) is 2.77. The number of nitrogens with zero attached hydrogens (tertiary/aromatic N) is 3. The van der Waals surface area contributed by atoms with Gasteiger partial charge >= 0.3 is 17.9 Å². The van der Waals surface area contributed by atoms with Crippen LogP contribution >= 0.6 is 0 Å². The molecule has 1 aromatic heterocycles. The van der Waals surface area contributed by atoms with Gasteiger partial charge in [-0.1, -0.05) is 36.4 Å². The molecule has 3 aromatic rings. The Morgan fingerprint density at radius 3 is 2.53 bits per heavy atom. The minimum absolute atomic E-state index is 0.168. The van der Waals surface area contributed by atoms with Gasteiger partial charge in [-0.05, 0) is 33.7 Å². The van der Waals surface area contributed by atoms with Crippen LogP contribution in [0.4, 0.5) is 15.0 Å². The van der Waals surface area contributed by atoms with E-state index in [1.165, 1.54) is 22.9 Å². The summed E-state index contributed by atoms with van der Waals surface area (Å²) in [6.07, 6.45) is 1.28. The van der Waals surface area contributed by atoms with Gasteiger partial charge in [-0.25, -0.2) is 9.18 Å². The van der Waals surface area contributed by atoms with Crippen molar-refractivity contribution in [1.29, 1.82) is 0 Å². The maximum Gasteiger partial charge on any atom is 0.414 e. The van der Waals surface area contributed by atoms with Crippen LogP contribution < -0.4 is 15.4 Å². The van der Waals surface area contributed by atoms with Crippen LogP contribution in [0, 0.1) is 15.9 Å². The number of aromatic nitrogens is 2. The van der Waals surface area contributed by atoms with Crippen LogP contribution in [-0.4, -0.2) is 33.2 Å². The predicted octanol–water partition coefficient (Wildman–Crippen LogP) is 2.86. The highest BCUT2D eigenvalue weighted by atomic mass is 19.1. The third-order valence-corrected chi connectivity index (χ3v) is 4.66. The van der Waals surface area contributed by atoms with Crippen molar-refractivity contribution in [1.82, 2.24) is 20.2 Å². The Bertz CT molecular complexity index is 1070. The van der Waals surface area contributed by atoms with E-state index in [2.05, 4.69) is 15.6 Å². The van der Waals surface area contributed by atoms with Gasteiger partial charge < -0.3 is 25.5 Å². The maximum atomic E-state index is 13.0. The summed E-state index contributed by atoms with van der Waals surface area (Å²) in [6.45, 7) is 0.828. The highest BCUT2D eigenvalue weighted by Crippen LogP contribution is 2.22. The average molecular weight is 411 g/mol. The van der Waals surface area contributed by atoms with E-state index in [0.717, 1.165) is 16.7 Å². The Labute approximate surface area is 170 Å². The summed E-state index contributed by atoms with van der Waals surface area (Å²) in [5, 5.41) is 16.3. The molecule has 0 radical (unpaired) electrons. The maximum absolute atomic E-state index is 13.0. The summed E-state index contributed by atoms with van der Waals surface area (Å²) >= 11 is 0. The van der Waals surface area contributed by atoms with Gasteiger partial charge in [-0.15, -0.1) is 0 Å². The lowest BCUT2D eigenvalue weighted by Crippen LogP contribution is -2.48. The Morgan fingerprint density at radius 1 is 1.20 bits per heavy atom. The van der Waals surface area contributed by atoms with Crippen molar-refractivity contribution in [2.45, 2.75) is 19.1 Å². The van der Waals surface area contributed by atoms with Crippen molar-refractivity contribution in [3.05, 3.63) is 76.2 Å². The van der Waals surface area contributed by atoms with Gasteiger partial charge in [0.15, 0.2) is 0 Å². The first kappa shape index (κ1) is 19.4. The van der Waals surface area contributed by atoms with E-state index in [0.29, 0.717) is 13.1 Å². The van der Waals surface area contributed by atoms with E-state index in [-0.39, 0.29) is 36.3 Å². The van der Waals surface area contributed by atoms with Crippen LogP contribution in [-0.2, 0) is 13.1 Å². The van der Waals surface area contributed by atoms with Crippen molar-refractivity contribution in [3.63, 3.8) is 0 Å². The average Bonchev–Trinajstić information content (AvgIpc) is 3.17. The molecule has 4 rings (SSSR count). The zero-order valence-electron chi connectivity index (χ0n) is 15.7. The molecule has 154 valence electrons. The molecule has 0 saturated carbocycles. The number of nitro groups is 1. The largest absolute Gasteiger partial charge is 0.444 e. The SMILES string of the molecule is O=C(NCc1ccc(-c2ccc(F)cc2)cc1)N[C@@H]1COc2nc([N+](=O)[O-])cn2C1. The molecule has 0 unspecified atom stereocenters. The van der Waals surface area contributed by atoms with E-state index >= 15 is 0 Å². The number of benzene rings is 2. The molecule has 30 heavy (non-hydrogen) atoms. The van der Waals surface area contributed by atoms with Crippen molar-refractivity contribution in [2.75, 3.05) is 6.61 Å². The van der Waals surface area contributed by atoms with Crippen LogP contribution in [0.2, 0.25) is 0 Å². The van der Waals surface area contributed by atoms with Crippen LogP contribution in [0.3, 0.4) is 0 Å². The Hall–Kier alpha value is -3.95. The Kier molecular flexibility index (Phi) is 5.29. The quantitative estimate of drug-likeness (QED) is 0.495. The second-order valence-corrected chi connectivity index (χ2v) is 6.83. The number of carbonyl (C=O) groups excluding carboxylic acids is 1. The highest BCUT2D eigenvalue weighted by molar-refractivity contribution is 5.74. The monoisotopic (exact) mass is 411 g/mol. The van der Waals surface area contributed by atoms with E-state index in [9.17, 15) is 19.3 Å². The number of urea groups is 1. The normalized spacial score (nSPS) is 15.0. The number of amides is 2. The molecule has 2 heterocycles. The Morgan fingerprint density at radius 2 is 1.87 bits per heavy atom. The van der Waals surface area contributed by atoms with E-state index in [4.69, 9.17) is 4.74 Å². The fourth-order valence-corrected chi connectivity index (χ4v) is 3.15. The van der Waals surface area contributed by atoms with Gasteiger partial charge in [-0.2, -0.15) is 0 Å². The fraction of sp³-hybridized carbons (Fsp3) is 0.200. The molecule has 1 aliphatic rings. The topological polar surface area (TPSA) is 111 Å². The second-order valence-electron chi connectivity index (χ2n) is 6.83. The summed E-state index contributed by atoms with van der Waals surface area (Å²) in [7, 11) is 0. The minimum atomic E-state index is -0.592. The highest BCUT2D eigenvalue weighted by Gasteiger charge is 2.28. The first-order chi connectivity index (χ1) is 14.5. The number of imidazole rings is 1. The van der Waals surface area contributed by atoms with Crippen LogP contribution in [0.5, 0.6) is 6.01 Å². The van der Waals surface area contributed by atoms with Crippen molar-refractivity contribution in [3.8, 4) is 17.1 Å². The standard InChI is InChI=1S/C20H18FN5O4/c21-16-7-5-15(6-8-16)14-3-1-13(2-4-14)9-22-19(27)23-17-10-25-11-18(26(28)29)24-20(25)30-12-17/h1-8,11,17H,9-10,12H2,(H2,22,23,27)/t17-/m0/s1. The fourth-order valence-electron chi connectivity index (χ4n) is 3.15. The number of hydrogen-bond acceptors (Lipinski definition) is 5.